The quantitative estimate of drug-likeness (QED) is 0.743. The first-order chi connectivity index (χ1) is 6.15. The molecule has 1 heterocycles. The van der Waals surface area contributed by atoms with Crippen molar-refractivity contribution in [3.8, 4) is 0 Å². The van der Waals surface area contributed by atoms with Crippen molar-refractivity contribution >= 4 is 21.8 Å². The van der Waals surface area contributed by atoms with Gasteiger partial charge in [0.2, 0.25) is 0 Å². The number of nitrogens with zero attached hydrogens (tertiary/aromatic N) is 2. The lowest BCUT2D eigenvalue weighted by Gasteiger charge is -2.13. The maximum atomic E-state index is 11.6. The standard InChI is InChI=1S/C9H11BrN2O/c1-3-12(2)9(13)7-4-5-8(10)11-6-7/h4-6H,3H2,1-2H3. The van der Waals surface area contributed by atoms with E-state index in [0.29, 0.717) is 12.1 Å². The maximum Gasteiger partial charge on any atom is 0.255 e. The minimum atomic E-state index is 0.00231. The molecule has 4 heteroatoms. The summed E-state index contributed by atoms with van der Waals surface area (Å²) in [5.41, 5.74) is 0.618. The SMILES string of the molecule is CCN(C)C(=O)c1ccc(Br)nc1. The molecule has 1 aromatic heterocycles. The van der Waals surface area contributed by atoms with Gasteiger partial charge < -0.3 is 4.90 Å². The molecule has 0 radical (unpaired) electrons. The molecule has 0 aliphatic rings. The lowest BCUT2D eigenvalue weighted by atomic mass is 10.2. The summed E-state index contributed by atoms with van der Waals surface area (Å²) < 4.78 is 0.739. The van der Waals surface area contributed by atoms with E-state index >= 15 is 0 Å². The van der Waals surface area contributed by atoms with Gasteiger partial charge in [0.25, 0.3) is 5.91 Å². The predicted molar refractivity (Wildman–Crippen MR) is 54.6 cm³/mol. The number of halogens is 1. The molecule has 0 aliphatic heterocycles. The monoisotopic (exact) mass is 242 g/mol. The third-order valence-corrected chi connectivity index (χ3v) is 2.26. The Morgan fingerprint density at radius 3 is 2.77 bits per heavy atom. The van der Waals surface area contributed by atoms with E-state index in [9.17, 15) is 4.79 Å². The highest BCUT2D eigenvalue weighted by molar-refractivity contribution is 9.10. The van der Waals surface area contributed by atoms with Crippen LogP contribution in [0.5, 0.6) is 0 Å². The molecule has 0 aliphatic carbocycles. The smallest absolute Gasteiger partial charge is 0.255 e. The minimum Gasteiger partial charge on any atom is -0.342 e. The average molecular weight is 243 g/mol. The summed E-state index contributed by atoms with van der Waals surface area (Å²) in [6.45, 7) is 2.64. The lowest BCUT2D eigenvalue weighted by Crippen LogP contribution is -2.26. The minimum absolute atomic E-state index is 0.00231. The lowest BCUT2D eigenvalue weighted by molar-refractivity contribution is 0.0802. The zero-order chi connectivity index (χ0) is 9.84. The molecule has 0 saturated carbocycles. The molecule has 0 atom stereocenters. The van der Waals surface area contributed by atoms with E-state index < -0.39 is 0 Å². The Morgan fingerprint density at radius 2 is 2.31 bits per heavy atom. The Balaban J connectivity index is 2.83. The van der Waals surface area contributed by atoms with Gasteiger partial charge in [-0.1, -0.05) is 0 Å². The van der Waals surface area contributed by atoms with E-state index in [1.807, 2.05) is 6.92 Å². The van der Waals surface area contributed by atoms with Crippen LogP contribution in [-0.2, 0) is 0 Å². The van der Waals surface area contributed by atoms with E-state index in [-0.39, 0.29) is 5.91 Å². The maximum absolute atomic E-state index is 11.6. The molecule has 70 valence electrons. The average Bonchev–Trinajstić information content (AvgIpc) is 2.17. The summed E-state index contributed by atoms with van der Waals surface area (Å²) in [6.07, 6.45) is 1.57. The number of hydrogen-bond acceptors (Lipinski definition) is 2. The Bertz CT molecular complexity index is 297. The number of hydrogen-bond donors (Lipinski definition) is 0. The van der Waals surface area contributed by atoms with Crippen LogP contribution in [-0.4, -0.2) is 29.4 Å². The first-order valence-electron chi connectivity index (χ1n) is 4.02. The molecule has 1 aromatic rings. The van der Waals surface area contributed by atoms with Crippen molar-refractivity contribution in [3.63, 3.8) is 0 Å². The number of rotatable bonds is 2. The van der Waals surface area contributed by atoms with Crippen LogP contribution in [0.15, 0.2) is 22.9 Å². The van der Waals surface area contributed by atoms with Crippen LogP contribution < -0.4 is 0 Å². The predicted octanol–water partition coefficient (Wildman–Crippen LogP) is 1.94. The van der Waals surface area contributed by atoms with Gasteiger partial charge in [-0.25, -0.2) is 4.98 Å². The fourth-order valence-electron chi connectivity index (χ4n) is 0.866. The van der Waals surface area contributed by atoms with Gasteiger partial charge in [-0.15, -0.1) is 0 Å². The highest BCUT2D eigenvalue weighted by atomic mass is 79.9. The van der Waals surface area contributed by atoms with Crippen LogP contribution in [0.2, 0.25) is 0 Å². The van der Waals surface area contributed by atoms with Gasteiger partial charge in [0.1, 0.15) is 4.60 Å². The van der Waals surface area contributed by atoms with Crippen molar-refractivity contribution in [2.75, 3.05) is 13.6 Å². The third-order valence-electron chi connectivity index (χ3n) is 1.80. The zero-order valence-electron chi connectivity index (χ0n) is 7.62. The Kier molecular flexibility index (Phi) is 3.42. The summed E-state index contributed by atoms with van der Waals surface area (Å²) in [6, 6.07) is 3.52. The van der Waals surface area contributed by atoms with Crippen molar-refractivity contribution in [1.29, 1.82) is 0 Å². The molecule has 0 bridgehead atoms. The summed E-state index contributed by atoms with van der Waals surface area (Å²) in [5, 5.41) is 0. The summed E-state index contributed by atoms with van der Waals surface area (Å²) in [5.74, 6) is 0.00231. The van der Waals surface area contributed by atoms with Crippen LogP contribution >= 0.6 is 15.9 Å². The van der Waals surface area contributed by atoms with Crippen LogP contribution in [0.1, 0.15) is 17.3 Å². The second-order valence-electron chi connectivity index (χ2n) is 2.69. The Morgan fingerprint density at radius 1 is 1.62 bits per heavy atom. The van der Waals surface area contributed by atoms with Crippen LogP contribution in [0, 0.1) is 0 Å². The molecule has 0 N–H and O–H groups in total. The van der Waals surface area contributed by atoms with E-state index in [2.05, 4.69) is 20.9 Å². The summed E-state index contributed by atoms with van der Waals surface area (Å²) in [7, 11) is 1.77. The van der Waals surface area contributed by atoms with Crippen molar-refractivity contribution in [2.45, 2.75) is 6.92 Å². The molecule has 13 heavy (non-hydrogen) atoms. The van der Waals surface area contributed by atoms with Gasteiger partial charge in [-0.05, 0) is 35.0 Å². The fraction of sp³-hybridized carbons (Fsp3) is 0.333. The van der Waals surface area contributed by atoms with E-state index in [1.54, 1.807) is 30.3 Å². The highest BCUT2D eigenvalue weighted by Crippen LogP contribution is 2.07. The van der Waals surface area contributed by atoms with Gasteiger partial charge in [0.15, 0.2) is 0 Å². The molecule has 3 nitrogen and oxygen atoms in total. The summed E-state index contributed by atoms with van der Waals surface area (Å²) in [4.78, 5) is 17.2. The molecular weight excluding hydrogens is 232 g/mol. The van der Waals surface area contributed by atoms with Gasteiger partial charge in [0, 0.05) is 19.8 Å². The molecule has 0 spiro atoms. The Hall–Kier alpha value is -0.900. The largest absolute Gasteiger partial charge is 0.342 e. The first-order valence-corrected chi connectivity index (χ1v) is 4.81. The van der Waals surface area contributed by atoms with Crippen molar-refractivity contribution < 1.29 is 4.79 Å². The van der Waals surface area contributed by atoms with Crippen LogP contribution in [0.4, 0.5) is 0 Å². The topological polar surface area (TPSA) is 33.2 Å². The summed E-state index contributed by atoms with van der Waals surface area (Å²) >= 11 is 3.21. The second kappa shape index (κ2) is 4.37. The molecule has 0 aromatic carbocycles. The van der Waals surface area contributed by atoms with Gasteiger partial charge in [-0.3, -0.25) is 4.79 Å². The van der Waals surface area contributed by atoms with E-state index in [4.69, 9.17) is 0 Å². The van der Waals surface area contributed by atoms with Crippen molar-refractivity contribution in [2.24, 2.45) is 0 Å². The van der Waals surface area contributed by atoms with Gasteiger partial charge in [0.05, 0.1) is 5.56 Å². The fourth-order valence-corrected chi connectivity index (χ4v) is 1.10. The number of pyridine rings is 1. The molecule has 1 rings (SSSR count). The molecule has 0 fully saturated rings. The van der Waals surface area contributed by atoms with Gasteiger partial charge in [-0.2, -0.15) is 0 Å². The first kappa shape index (κ1) is 10.2. The molecule has 0 unspecified atom stereocenters. The van der Waals surface area contributed by atoms with E-state index in [0.717, 1.165) is 4.60 Å². The third kappa shape index (κ3) is 2.52. The van der Waals surface area contributed by atoms with Gasteiger partial charge >= 0.3 is 0 Å². The molecule has 0 saturated heterocycles. The van der Waals surface area contributed by atoms with Crippen LogP contribution in [0.3, 0.4) is 0 Å². The van der Waals surface area contributed by atoms with Crippen LogP contribution in [0.25, 0.3) is 0 Å². The zero-order valence-corrected chi connectivity index (χ0v) is 9.21. The second-order valence-corrected chi connectivity index (χ2v) is 3.50. The number of amides is 1. The highest BCUT2D eigenvalue weighted by Gasteiger charge is 2.09. The molecular formula is C9H11BrN2O. The van der Waals surface area contributed by atoms with Crippen molar-refractivity contribution in [3.05, 3.63) is 28.5 Å². The number of carbonyl (C=O) groups excluding carboxylic acids is 1. The normalized spacial score (nSPS) is 9.77. The number of aromatic nitrogens is 1. The molecule has 1 amide bonds. The number of carbonyl (C=O) groups is 1. The van der Waals surface area contributed by atoms with E-state index in [1.165, 1.54) is 0 Å². The van der Waals surface area contributed by atoms with Crippen molar-refractivity contribution in [1.82, 2.24) is 9.88 Å². The Labute approximate surface area is 85.9 Å².